The molecule has 0 fully saturated rings. The van der Waals surface area contributed by atoms with Gasteiger partial charge < -0.3 is 10.4 Å². The molecular weight excluding hydrogens is 342 g/mol. The maximum absolute atomic E-state index is 12.3. The minimum absolute atomic E-state index is 0.0902. The van der Waals surface area contributed by atoms with Gasteiger partial charge in [-0.05, 0) is 25.0 Å². The molecule has 0 saturated carbocycles. The molecule has 1 aromatic heterocycles. The molecule has 2 aromatic carbocycles. The molecule has 6 nitrogen and oxygen atoms in total. The average molecular weight is 365 g/mol. The number of hydrogen-bond acceptors (Lipinski definition) is 3. The topological polar surface area (TPSA) is 84.2 Å². The van der Waals surface area contributed by atoms with E-state index in [2.05, 4.69) is 10.4 Å². The van der Waals surface area contributed by atoms with Gasteiger partial charge in [0.1, 0.15) is 0 Å². The summed E-state index contributed by atoms with van der Waals surface area (Å²) in [4.78, 5) is 23.9. The van der Waals surface area contributed by atoms with Gasteiger partial charge >= 0.3 is 5.97 Å². The summed E-state index contributed by atoms with van der Waals surface area (Å²) < 4.78 is 1.75. The van der Waals surface area contributed by atoms with Crippen molar-refractivity contribution in [3.8, 4) is 0 Å². The predicted molar refractivity (Wildman–Crippen MR) is 103 cm³/mol. The Bertz CT molecular complexity index is 978. The molecule has 0 radical (unpaired) electrons. The van der Waals surface area contributed by atoms with Crippen molar-refractivity contribution in [3.63, 3.8) is 0 Å². The van der Waals surface area contributed by atoms with E-state index in [-0.39, 0.29) is 18.9 Å². The molecule has 1 unspecified atom stereocenters. The first-order valence-corrected chi connectivity index (χ1v) is 8.89. The third-order valence-corrected chi connectivity index (χ3v) is 4.62. The second kappa shape index (κ2) is 8.03. The minimum atomic E-state index is -0.917. The highest BCUT2D eigenvalue weighted by molar-refractivity contribution is 5.87. The zero-order valence-electron chi connectivity index (χ0n) is 15.5. The van der Waals surface area contributed by atoms with Crippen LogP contribution in [0.15, 0.2) is 48.5 Å². The van der Waals surface area contributed by atoms with E-state index in [0.717, 1.165) is 22.0 Å². The van der Waals surface area contributed by atoms with Crippen LogP contribution in [-0.4, -0.2) is 33.3 Å². The van der Waals surface area contributed by atoms with Crippen LogP contribution < -0.4 is 5.32 Å². The number of aryl methyl sites for hydroxylation is 2. The number of carboxylic acids is 1. The van der Waals surface area contributed by atoms with Crippen LogP contribution in [0.4, 0.5) is 0 Å². The number of benzene rings is 2. The highest BCUT2D eigenvalue weighted by Crippen LogP contribution is 2.18. The predicted octanol–water partition coefficient (Wildman–Crippen LogP) is 2.48. The first-order chi connectivity index (χ1) is 12.9. The molecule has 0 aliphatic heterocycles. The summed E-state index contributed by atoms with van der Waals surface area (Å²) in [5, 5.41) is 17.6. The fourth-order valence-electron chi connectivity index (χ4n) is 3.24. The summed E-state index contributed by atoms with van der Waals surface area (Å²) in [6, 6.07) is 15.5. The Labute approximate surface area is 157 Å². The largest absolute Gasteiger partial charge is 0.481 e. The number of hydrogen-bond donors (Lipinski definition) is 2. The Kier molecular flexibility index (Phi) is 5.54. The maximum atomic E-state index is 12.3. The first kappa shape index (κ1) is 18.6. The number of aliphatic carboxylic acids is 1. The minimum Gasteiger partial charge on any atom is -0.481 e. The number of nitrogens with one attached hydrogen (secondary N) is 1. The van der Waals surface area contributed by atoms with Crippen molar-refractivity contribution in [2.45, 2.75) is 19.8 Å². The van der Waals surface area contributed by atoms with Gasteiger partial charge in [0.05, 0.1) is 23.5 Å². The summed E-state index contributed by atoms with van der Waals surface area (Å²) >= 11 is 0. The first-order valence-electron chi connectivity index (χ1n) is 8.89. The fraction of sp³-hybridized carbons (Fsp3) is 0.286. The van der Waals surface area contributed by atoms with Crippen molar-refractivity contribution >= 4 is 22.8 Å². The van der Waals surface area contributed by atoms with Crippen LogP contribution in [0.2, 0.25) is 0 Å². The molecule has 3 rings (SSSR count). The lowest BCUT2D eigenvalue weighted by Gasteiger charge is -2.14. The van der Waals surface area contributed by atoms with Gasteiger partial charge in [-0.25, -0.2) is 0 Å². The van der Waals surface area contributed by atoms with E-state index in [1.54, 1.807) is 4.68 Å². The van der Waals surface area contributed by atoms with Crippen molar-refractivity contribution in [1.82, 2.24) is 15.1 Å². The molecular formula is C21H23N3O3. The van der Waals surface area contributed by atoms with Crippen LogP contribution in [0.5, 0.6) is 0 Å². The number of carboxylic acid groups (broad SMARTS) is 1. The molecule has 0 spiro atoms. The number of aromatic nitrogens is 2. The SMILES string of the molecule is Cc1cccc(CC(CNC(=O)Cc2nn(C)c3ccccc23)C(=O)O)c1. The summed E-state index contributed by atoms with van der Waals surface area (Å²) in [6.07, 6.45) is 0.502. The Morgan fingerprint density at radius 1 is 1.19 bits per heavy atom. The maximum Gasteiger partial charge on any atom is 0.308 e. The van der Waals surface area contributed by atoms with Gasteiger partial charge in [0, 0.05) is 19.0 Å². The van der Waals surface area contributed by atoms with E-state index in [4.69, 9.17) is 0 Å². The molecule has 0 aliphatic rings. The zero-order chi connectivity index (χ0) is 19.4. The van der Waals surface area contributed by atoms with Crippen molar-refractivity contribution in [3.05, 3.63) is 65.4 Å². The van der Waals surface area contributed by atoms with Crippen LogP contribution in [0.1, 0.15) is 16.8 Å². The molecule has 140 valence electrons. The van der Waals surface area contributed by atoms with Crippen LogP contribution in [-0.2, 0) is 29.5 Å². The molecule has 2 N–H and O–H groups in total. The van der Waals surface area contributed by atoms with E-state index in [0.29, 0.717) is 12.1 Å². The van der Waals surface area contributed by atoms with Crippen LogP contribution in [0, 0.1) is 12.8 Å². The Balaban J connectivity index is 1.63. The lowest BCUT2D eigenvalue weighted by atomic mass is 9.98. The molecule has 27 heavy (non-hydrogen) atoms. The molecule has 0 bridgehead atoms. The number of nitrogens with zero attached hydrogens (tertiary/aromatic N) is 2. The van der Waals surface area contributed by atoms with Gasteiger partial charge in [-0.2, -0.15) is 5.10 Å². The molecule has 0 saturated heterocycles. The second-order valence-electron chi connectivity index (χ2n) is 6.80. The molecule has 1 amide bonds. The number of rotatable bonds is 7. The molecule has 3 aromatic rings. The number of carbonyl (C=O) groups excluding carboxylic acids is 1. The van der Waals surface area contributed by atoms with Crippen molar-refractivity contribution in [1.29, 1.82) is 0 Å². The van der Waals surface area contributed by atoms with Crippen LogP contribution in [0.25, 0.3) is 10.9 Å². The monoisotopic (exact) mass is 365 g/mol. The highest BCUT2D eigenvalue weighted by Gasteiger charge is 2.20. The van der Waals surface area contributed by atoms with Gasteiger partial charge in [-0.3, -0.25) is 14.3 Å². The lowest BCUT2D eigenvalue weighted by molar-refractivity contribution is -0.141. The second-order valence-corrected chi connectivity index (χ2v) is 6.80. The molecule has 1 atom stereocenters. The van der Waals surface area contributed by atoms with Gasteiger partial charge in [0.2, 0.25) is 5.91 Å². The highest BCUT2D eigenvalue weighted by atomic mass is 16.4. The number of amides is 1. The van der Waals surface area contributed by atoms with Crippen LogP contribution >= 0.6 is 0 Å². The average Bonchev–Trinajstić information content (AvgIpc) is 2.94. The van der Waals surface area contributed by atoms with Crippen molar-refractivity contribution < 1.29 is 14.7 Å². The summed E-state index contributed by atoms with van der Waals surface area (Å²) in [6.45, 7) is 2.06. The van der Waals surface area contributed by atoms with Gasteiger partial charge in [-0.15, -0.1) is 0 Å². The number of fused-ring (bicyclic) bond motifs is 1. The van der Waals surface area contributed by atoms with Gasteiger partial charge in [0.15, 0.2) is 0 Å². The van der Waals surface area contributed by atoms with E-state index >= 15 is 0 Å². The fourth-order valence-corrected chi connectivity index (χ4v) is 3.24. The normalized spacial score (nSPS) is 12.1. The van der Waals surface area contributed by atoms with Crippen molar-refractivity contribution in [2.24, 2.45) is 13.0 Å². The Hall–Kier alpha value is -3.15. The van der Waals surface area contributed by atoms with E-state index in [1.807, 2.05) is 62.5 Å². The zero-order valence-corrected chi connectivity index (χ0v) is 15.5. The number of carbonyl (C=O) groups is 2. The quantitative estimate of drug-likeness (QED) is 0.674. The summed E-state index contributed by atoms with van der Waals surface area (Å²) in [5.74, 6) is -1.81. The van der Waals surface area contributed by atoms with E-state index in [9.17, 15) is 14.7 Å². The molecule has 0 aliphatic carbocycles. The van der Waals surface area contributed by atoms with E-state index in [1.165, 1.54) is 0 Å². The van der Waals surface area contributed by atoms with Crippen LogP contribution in [0.3, 0.4) is 0 Å². The Morgan fingerprint density at radius 2 is 1.96 bits per heavy atom. The standard InChI is InChI=1S/C21H23N3O3/c1-14-6-5-7-15(10-14)11-16(21(26)27)13-22-20(25)12-18-17-8-3-4-9-19(17)24(2)23-18/h3-10,16H,11-13H2,1-2H3,(H,22,25)(H,26,27). The van der Waals surface area contributed by atoms with Crippen molar-refractivity contribution in [2.75, 3.05) is 6.54 Å². The van der Waals surface area contributed by atoms with Gasteiger partial charge in [-0.1, -0.05) is 48.0 Å². The van der Waals surface area contributed by atoms with Gasteiger partial charge in [0.25, 0.3) is 0 Å². The number of para-hydroxylation sites is 1. The third-order valence-electron chi connectivity index (χ3n) is 4.62. The summed E-state index contributed by atoms with van der Waals surface area (Å²) in [5.41, 5.74) is 3.69. The van der Waals surface area contributed by atoms with E-state index < -0.39 is 11.9 Å². The Morgan fingerprint density at radius 3 is 2.70 bits per heavy atom. The summed E-state index contributed by atoms with van der Waals surface area (Å²) in [7, 11) is 1.84. The lowest BCUT2D eigenvalue weighted by Crippen LogP contribution is -2.35. The third kappa shape index (κ3) is 4.53. The molecule has 1 heterocycles. The molecule has 6 heteroatoms. The smallest absolute Gasteiger partial charge is 0.308 e.